The topological polar surface area (TPSA) is 74.2 Å². The van der Waals surface area contributed by atoms with Crippen LogP contribution in [0, 0.1) is 5.92 Å². The molecule has 0 spiro atoms. The summed E-state index contributed by atoms with van der Waals surface area (Å²) in [7, 11) is 6.00. The van der Waals surface area contributed by atoms with E-state index >= 15 is 0 Å². The third-order valence-corrected chi connectivity index (χ3v) is 6.25. The number of pyridine rings is 1. The Kier molecular flexibility index (Phi) is 5.23. The van der Waals surface area contributed by atoms with Crippen molar-refractivity contribution in [2.24, 2.45) is 5.92 Å². The average molecular weight is 397 g/mol. The van der Waals surface area contributed by atoms with Gasteiger partial charge in [-0.05, 0) is 50.5 Å². The maximum absolute atomic E-state index is 12.6. The van der Waals surface area contributed by atoms with Crippen LogP contribution in [-0.2, 0) is 4.79 Å². The summed E-state index contributed by atoms with van der Waals surface area (Å²) in [5.74, 6) is 0.724. The van der Waals surface area contributed by atoms with Crippen LogP contribution >= 0.6 is 11.3 Å². The number of carbonyl (C=O) groups is 1. The number of benzene rings is 1. The number of anilines is 2. The lowest BCUT2D eigenvalue weighted by molar-refractivity contribution is -0.121. The van der Waals surface area contributed by atoms with Crippen molar-refractivity contribution < 1.29 is 4.79 Å². The number of nitrogens with one attached hydrogen (secondary N) is 1. The molecule has 4 rings (SSSR count). The molecule has 0 aliphatic carbocycles. The lowest BCUT2D eigenvalue weighted by Gasteiger charge is -2.27. The molecule has 146 valence electrons. The molecule has 8 heteroatoms. The van der Waals surface area contributed by atoms with Crippen molar-refractivity contribution in [2.75, 3.05) is 44.4 Å². The Morgan fingerprint density at radius 1 is 1.18 bits per heavy atom. The van der Waals surface area contributed by atoms with Crippen LogP contribution in [0.4, 0.5) is 10.9 Å². The predicted molar refractivity (Wildman–Crippen MR) is 114 cm³/mol. The van der Waals surface area contributed by atoms with Crippen molar-refractivity contribution in [3.05, 3.63) is 30.5 Å². The molecule has 3 aromatic rings. The average Bonchev–Trinajstić information content (AvgIpc) is 3.18. The summed E-state index contributed by atoms with van der Waals surface area (Å²) in [4.78, 5) is 21.2. The van der Waals surface area contributed by atoms with E-state index in [0.717, 1.165) is 52.4 Å². The number of amides is 1. The fraction of sp³-hybridized carbons (Fsp3) is 0.400. The van der Waals surface area contributed by atoms with Crippen molar-refractivity contribution in [1.82, 2.24) is 20.1 Å². The molecule has 7 nitrogen and oxygen atoms in total. The molecule has 3 heterocycles. The van der Waals surface area contributed by atoms with Gasteiger partial charge in [-0.2, -0.15) is 0 Å². The van der Waals surface area contributed by atoms with E-state index in [2.05, 4.69) is 38.5 Å². The minimum atomic E-state index is 0.0610. The number of hydrogen-bond acceptors (Lipinski definition) is 7. The molecule has 1 aliphatic heterocycles. The maximum Gasteiger partial charge on any atom is 0.228 e. The van der Waals surface area contributed by atoms with E-state index in [1.165, 1.54) is 0 Å². The van der Waals surface area contributed by atoms with Gasteiger partial charge < -0.3 is 15.1 Å². The molecule has 1 aliphatic rings. The molecule has 1 saturated heterocycles. The SMILES string of the molecule is CN1CCC(C(=O)Nc2cc3cc(-c4nnc(N(C)C)s4)ccc3cn2)CC1. The quantitative estimate of drug-likeness (QED) is 0.730. The Balaban J connectivity index is 1.54. The maximum atomic E-state index is 12.6. The number of carbonyl (C=O) groups excluding carboxylic acids is 1. The first-order valence-electron chi connectivity index (χ1n) is 9.40. The Morgan fingerprint density at radius 3 is 2.68 bits per heavy atom. The molecule has 0 atom stereocenters. The van der Waals surface area contributed by atoms with Gasteiger partial charge in [0.1, 0.15) is 10.8 Å². The fourth-order valence-corrected chi connectivity index (χ4v) is 4.12. The van der Waals surface area contributed by atoms with E-state index in [1.807, 2.05) is 37.2 Å². The zero-order chi connectivity index (χ0) is 19.7. The second-order valence-electron chi connectivity index (χ2n) is 7.48. The van der Waals surface area contributed by atoms with Crippen LogP contribution in [0.25, 0.3) is 21.3 Å². The summed E-state index contributed by atoms with van der Waals surface area (Å²) < 4.78 is 0. The Labute approximate surface area is 168 Å². The van der Waals surface area contributed by atoms with Gasteiger partial charge in [0, 0.05) is 37.2 Å². The van der Waals surface area contributed by atoms with Crippen LogP contribution in [0.5, 0.6) is 0 Å². The van der Waals surface area contributed by atoms with Crippen LogP contribution in [-0.4, -0.2) is 60.2 Å². The predicted octanol–water partition coefficient (Wildman–Crippen LogP) is 3.10. The lowest BCUT2D eigenvalue weighted by Crippen LogP contribution is -2.36. The van der Waals surface area contributed by atoms with Gasteiger partial charge in [-0.3, -0.25) is 4.79 Å². The first-order valence-corrected chi connectivity index (χ1v) is 10.2. The Hall–Kier alpha value is -2.58. The smallest absolute Gasteiger partial charge is 0.228 e. The Morgan fingerprint density at radius 2 is 1.96 bits per heavy atom. The van der Waals surface area contributed by atoms with Crippen molar-refractivity contribution in [2.45, 2.75) is 12.8 Å². The molecule has 2 aromatic heterocycles. The summed E-state index contributed by atoms with van der Waals surface area (Å²) in [5.41, 5.74) is 1.01. The molecule has 28 heavy (non-hydrogen) atoms. The number of nitrogens with zero attached hydrogens (tertiary/aromatic N) is 5. The molecular formula is C20H24N6OS. The third-order valence-electron chi connectivity index (χ3n) is 5.11. The van der Waals surface area contributed by atoms with Gasteiger partial charge in [-0.1, -0.05) is 23.5 Å². The van der Waals surface area contributed by atoms with Crippen molar-refractivity contribution in [1.29, 1.82) is 0 Å². The highest BCUT2D eigenvalue weighted by Crippen LogP contribution is 2.30. The number of piperidine rings is 1. The van der Waals surface area contributed by atoms with Gasteiger partial charge in [0.15, 0.2) is 0 Å². The van der Waals surface area contributed by atoms with Crippen molar-refractivity contribution in [3.8, 4) is 10.6 Å². The fourth-order valence-electron chi connectivity index (χ4n) is 3.35. The van der Waals surface area contributed by atoms with Gasteiger partial charge in [0.2, 0.25) is 11.0 Å². The van der Waals surface area contributed by atoms with E-state index in [0.29, 0.717) is 5.82 Å². The first-order chi connectivity index (χ1) is 13.5. The minimum absolute atomic E-state index is 0.0610. The zero-order valence-corrected chi connectivity index (χ0v) is 17.2. The summed E-state index contributed by atoms with van der Waals surface area (Å²) in [6.45, 7) is 1.92. The standard InChI is InChI=1S/C20H24N6OS/c1-25(2)20-24-23-19(28-20)14-4-5-15-12-21-17(11-16(15)10-14)22-18(27)13-6-8-26(3)9-7-13/h4-5,10-13H,6-9H2,1-3H3,(H,21,22,27). The number of rotatable bonds is 4. The molecule has 0 radical (unpaired) electrons. The van der Waals surface area contributed by atoms with E-state index in [1.54, 1.807) is 17.5 Å². The number of hydrogen-bond donors (Lipinski definition) is 1. The van der Waals surface area contributed by atoms with Crippen molar-refractivity contribution in [3.63, 3.8) is 0 Å². The molecule has 1 N–H and O–H groups in total. The number of aromatic nitrogens is 3. The second kappa shape index (κ2) is 7.81. The van der Waals surface area contributed by atoms with E-state index in [-0.39, 0.29) is 11.8 Å². The number of fused-ring (bicyclic) bond motifs is 1. The summed E-state index contributed by atoms with van der Waals surface area (Å²) >= 11 is 1.55. The molecular weight excluding hydrogens is 372 g/mol. The first kappa shape index (κ1) is 18.8. The lowest BCUT2D eigenvalue weighted by atomic mass is 9.96. The van der Waals surface area contributed by atoms with E-state index in [4.69, 9.17) is 0 Å². The largest absolute Gasteiger partial charge is 0.353 e. The van der Waals surface area contributed by atoms with Gasteiger partial charge in [-0.25, -0.2) is 4.98 Å². The molecule has 1 fully saturated rings. The molecule has 0 bridgehead atoms. The summed E-state index contributed by atoms with van der Waals surface area (Å²) in [5, 5.41) is 15.3. The highest BCUT2D eigenvalue weighted by molar-refractivity contribution is 7.18. The van der Waals surface area contributed by atoms with Crippen LogP contribution in [0.3, 0.4) is 0 Å². The van der Waals surface area contributed by atoms with Crippen LogP contribution < -0.4 is 10.2 Å². The van der Waals surface area contributed by atoms with Gasteiger partial charge in [0.25, 0.3) is 0 Å². The third kappa shape index (κ3) is 3.98. The number of likely N-dealkylation sites (tertiary alicyclic amines) is 1. The van der Waals surface area contributed by atoms with Crippen molar-refractivity contribution >= 4 is 39.0 Å². The van der Waals surface area contributed by atoms with Crippen LogP contribution in [0.2, 0.25) is 0 Å². The molecule has 0 saturated carbocycles. The zero-order valence-electron chi connectivity index (χ0n) is 16.3. The molecule has 1 amide bonds. The van der Waals surface area contributed by atoms with Gasteiger partial charge in [-0.15, -0.1) is 10.2 Å². The monoisotopic (exact) mass is 396 g/mol. The molecule has 1 aromatic carbocycles. The molecule has 0 unspecified atom stereocenters. The minimum Gasteiger partial charge on any atom is -0.353 e. The van der Waals surface area contributed by atoms with Gasteiger partial charge >= 0.3 is 0 Å². The second-order valence-corrected chi connectivity index (χ2v) is 8.44. The highest BCUT2D eigenvalue weighted by atomic mass is 32.1. The van der Waals surface area contributed by atoms with E-state index < -0.39 is 0 Å². The van der Waals surface area contributed by atoms with Gasteiger partial charge in [0.05, 0.1) is 0 Å². The van der Waals surface area contributed by atoms with Crippen LogP contribution in [0.1, 0.15) is 12.8 Å². The van der Waals surface area contributed by atoms with E-state index in [9.17, 15) is 4.79 Å². The highest BCUT2D eigenvalue weighted by Gasteiger charge is 2.23. The normalized spacial score (nSPS) is 15.7. The van der Waals surface area contributed by atoms with Crippen LogP contribution in [0.15, 0.2) is 30.5 Å². The summed E-state index contributed by atoms with van der Waals surface area (Å²) in [6.07, 6.45) is 3.59. The Bertz CT molecular complexity index is 993. The summed E-state index contributed by atoms with van der Waals surface area (Å²) in [6, 6.07) is 8.06.